The van der Waals surface area contributed by atoms with E-state index in [2.05, 4.69) is 24.1 Å². The molecule has 1 aliphatic heterocycles. The van der Waals surface area contributed by atoms with Crippen LogP contribution in [0.25, 0.3) is 0 Å². The van der Waals surface area contributed by atoms with E-state index < -0.39 is 0 Å². The molecule has 0 radical (unpaired) electrons. The van der Waals surface area contributed by atoms with E-state index in [9.17, 15) is 4.79 Å². The molecule has 1 aliphatic rings. The molecule has 2 amide bonds. The minimum Gasteiger partial charge on any atom is -0.378 e. The van der Waals surface area contributed by atoms with Crippen molar-refractivity contribution in [1.82, 2.24) is 15.2 Å². The Labute approximate surface area is 120 Å². The lowest BCUT2D eigenvalue weighted by Crippen LogP contribution is -2.47. The van der Waals surface area contributed by atoms with Crippen molar-refractivity contribution in [2.75, 3.05) is 26.3 Å². The monoisotopic (exact) mass is 277 g/mol. The molecule has 1 atom stereocenters. The third-order valence-corrected chi connectivity index (χ3v) is 3.39. The van der Waals surface area contributed by atoms with Crippen molar-refractivity contribution < 1.29 is 9.53 Å². The van der Waals surface area contributed by atoms with Crippen LogP contribution in [0.15, 0.2) is 24.5 Å². The van der Waals surface area contributed by atoms with Crippen LogP contribution in [0.1, 0.15) is 31.9 Å². The number of nitrogens with zero attached hydrogens (tertiary/aromatic N) is 2. The first kappa shape index (κ1) is 14.8. The fourth-order valence-electron chi connectivity index (χ4n) is 2.34. The van der Waals surface area contributed by atoms with E-state index in [0.717, 1.165) is 12.0 Å². The summed E-state index contributed by atoms with van der Waals surface area (Å²) in [5.74, 6) is 0.505. The summed E-state index contributed by atoms with van der Waals surface area (Å²) in [5, 5.41) is 3.13. The van der Waals surface area contributed by atoms with Gasteiger partial charge in [0.1, 0.15) is 0 Å². The summed E-state index contributed by atoms with van der Waals surface area (Å²) in [6.07, 6.45) is 4.48. The topological polar surface area (TPSA) is 54.5 Å². The maximum Gasteiger partial charge on any atom is 0.318 e. The number of carbonyl (C=O) groups excluding carboxylic acids is 1. The average Bonchev–Trinajstić information content (AvgIpc) is 2.48. The average molecular weight is 277 g/mol. The van der Waals surface area contributed by atoms with Crippen molar-refractivity contribution in [3.8, 4) is 0 Å². The predicted octanol–water partition coefficient (Wildman–Crippen LogP) is 2.21. The Morgan fingerprint density at radius 3 is 2.80 bits per heavy atom. The van der Waals surface area contributed by atoms with Gasteiger partial charge in [-0.15, -0.1) is 0 Å². The second kappa shape index (κ2) is 7.24. The summed E-state index contributed by atoms with van der Waals surface area (Å²) in [6, 6.07) is 3.92. The highest BCUT2D eigenvalue weighted by molar-refractivity contribution is 5.74. The Bertz CT molecular complexity index is 416. The lowest BCUT2D eigenvalue weighted by Gasteiger charge is -2.30. The molecule has 110 valence electrons. The number of nitrogens with one attached hydrogen (secondary N) is 1. The number of amides is 2. The molecule has 20 heavy (non-hydrogen) atoms. The largest absolute Gasteiger partial charge is 0.378 e. The van der Waals surface area contributed by atoms with Gasteiger partial charge in [-0.05, 0) is 24.0 Å². The molecular formula is C15H23N3O2. The van der Waals surface area contributed by atoms with Gasteiger partial charge in [0.2, 0.25) is 0 Å². The van der Waals surface area contributed by atoms with Crippen molar-refractivity contribution in [1.29, 1.82) is 0 Å². The number of morpholine rings is 1. The molecule has 0 aromatic carbocycles. The second-order valence-electron chi connectivity index (χ2n) is 5.52. The number of carbonyl (C=O) groups is 1. The summed E-state index contributed by atoms with van der Waals surface area (Å²) in [6.45, 7) is 6.87. The van der Waals surface area contributed by atoms with E-state index >= 15 is 0 Å². The maximum atomic E-state index is 12.3. The molecule has 1 N–H and O–H groups in total. The van der Waals surface area contributed by atoms with Crippen molar-refractivity contribution in [3.63, 3.8) is 0 Å². The molecule has 0 spiro atoms. The molecule has 0 bridgehead atoms. The van der Waals surface area contributed by atoms with Crippen molar-refractivity contribution >= 4 is 6.03 Å². The number of urea groups is 1. The summed E-state index contributed by atoms with van der Waals surface area (Å²) < 4.78 is 5.27. The number of hydrogen-bond acceptors (Lipinski definition) is 3. The first-order valence-electron chi connectivity index (χ1n) is 7.20. The maximum absolute atomic E-state index is 12.3. The molecule has 5 nitrogen and oxygen atoms in total. The third kappa shape index (κ3) is 4.20. The molecule has 0 aliphatic carbocycles. The van der Waals surface area contributed by atoms with Crippen LogP contribution in [-0.4, -0.2) is 42.2 Å². The van der Waals surface area contributed by atoms with E-state index in [-0.39, 0.29) is 12.1 Å². The van der Waals surface area contributed by atoms with Gasteiger partial charge in [-0.2, -0.15) is 0 Å². The van der Waals surface area contributed by atoms with Crippen LogP contribution in [0.3, 0.4) is 0 Å². The first-order valence-corrected chi connectivity index (χ1v) is 7.20. The van der Waals surface area contributed by atoms with Gasteiger partial charge in [-0.3, -0.25) is 4.98 Å². The Morgan fingerprint density at radius 2 is 2.20 bits per heavy atom. The van der Waals surface area contributed by atoms with Crippen molar-refractivity contribution in [2.45, 2.75) is 26.3 Å². The van der Waals surface area contributed by atoms with E-state index in [1.54, 1.807) is 6.20 Å². The third-order valence-electron chi connectivity index (χ3n) is 3.39. The standard InChI is InChI=1S/C15H23N3O2/c1-12(2)10-14(13-4-3-5-16-11-13)17-15(19)18-6-8-20-9-7-18/h3-5,11-12,14H,6-10H2,1-2H3,(H,17,19). The van der Waals surface area contributed by atoms with Crippen LogP contribution in [0.2, 0.25) is 0 Å². The molecular weight excluding hydrogens is 254 g/mol. The van der Waals surface area contributed by atoms with E-state index in [1.807, 2.05) is 23.2 Å². The zero-order valence-electron chi connectivity index (χ0n) is 12.2. The Kier molecular flexibility index (Phi) is 5.35. The minimum atomic E-state index is -0.0113. The molecule has 5 heteroatoms. The Hall–Kier alpha value is -1.62. The SMILES string of the molecule is CC(C)CC(NC(=O)N1CCOCC1)c1cccnc1. The highest BCUT2D eigenvalue weighted by Gasteiger charge is 2.21. The number of rotatable bonds is 4. The number of pyridine rings is 1. The van der Waals surface area contributed by atoms with E-state index in [1.165, 1.54) is 0 Å². The highest BCUT2D eigenvalue weighted by atomic mass is 16.5. The quantitative estimate of drug-likeness (QED) is 0.918. The summed E-state index contributed by atoms with van der Waals surface area (Å²) >= 11 is 0. The lowest BCUT2D eigenvalue weighted by molar-refractivity contribution is 0.0523. The fourth-order valence-corrected chi connectivity index (χ4v) is 2.34. The first-order chi connectivity index (χ1) is 9.66. The smallest absolute Gasteiger partial charge is 0.318 e. The van der Waals surface area contributed by atoms with Gasteiger partial charge in [0, 0.05) is 25.5 Å². The van der Waals surface area contributed by atoms with Gasteiger partial charge < -0.3 is 15.0 Å². The van der Waals surface area contributed by atoms with Crippen LogP contribution >= 0.6 is 0 Å². The zero-order valence-corrected chi connectivity index (χ0v) is 12.2. The molecule has 1 fully saturated rings. The summed E-state index contributed by atoms with van der Waals surface area (Å²) in [7, 11) is 0. The summed E-state index contributed by atoms with van der Waals surface area (Å²) in [5.41, 5.74) is 1.06. The number of hydrogen-bond donors (Lipinski definition) is 1. The zero-order chi connectivity index (χ0) is 14.4. The Morgan fingerprint density at radius 1 is 1.45 bits per heavy atom. The molecule has 2 rings (SSSR count). The fraction of sp³-hybridized carbons (Fsp3) is 0.600. The molecule has 1 unspecified atom stereocenters. The van der Waals surface area contributed by atoms with Gasteiger partial charge in [0.15, 0.2) is 0 Å². The van der Waals surface area contributed by atoms with Crippen LogP contribution in [0.5, 0.6) is 0 Å². The van der Waals surface area contributed by atoms with E-state index in [0.29, 0.717) is 32.2 Å². The van der Waals surface area contributed by atoms with E-state index in [4.69, 9.17) is 4.74 Å². The van der Waals surface area contributed by atoms with Crippen LogP contribution < -0.4 is 5.32 Å². The van der Waals surface area contributed by atoms with Gasteiger partial charge in [0.05, 0.1) is 19.3 Å². The number of aromatic nitrogens is 1. The summed E-state index contributed by atoms with van der Waals surface area (Å²) in [4.78, 5) is 18.3. The molecule has 0 saturated carbocycles. The van der Waals surface area contributed by atoms with Gasteiger partial charge >= 0.3 is 6.03 Å². The molecule has 2 heterocycles. The minimum absolute atomic E-state index is 0.0113. The van der Waals surface area contributed by atoms with Crippen LogP contribution in [0.4, 0.5) is 4.79 Å². The Balaban J connectivity index is 2.01. The van der Waals surface area contributed by atoms with Crippen LogP contribution in [-0.2, 0) is 4.74 Å². The lowest BCUT2D eigenvalue weighted by atomic mass is 9.98. The van der Waals surface area contributed by atoms with Gasteiger partial charge in [-0.1, -0.05) is 19.9 Å². The molecule has 1 saturated heterocycles. The van der Waals surface area contributed by atoms with Gasteiger partial charge in [0.25, 0.3) is 0 Å². The molecule has 1 aromatic rings. The van der Waals surface area contributed by atoms with Crippen molar-refractivity contribution in [2.24, 2.45) is 5.92 Å². The normalized spacial score (nSPS) is 17.1. The van der Waals surface area contributed by atoms with Crippen molar-refractivity contribution in [3.05, 3.63) is 30.1 Å². The molecule has 1 aromatic heterocycles. The highest BCUT2D eigenvalue weighted by Crippen LogP contribution is 2.20. The second-order valence-corrected chi connectivity index (χ2v) is 5.52. The number of ether oxygens (including phenoxy) is 1. The predicted molar refractivity (Wildman–Crippen MR) is 77.4 cm³/mol. The van der Waals surface area contributed by atoms with Gasteiger partial charge in [-0.25, -0.2) is 4.79 Å². The van der Waals surface area contributed by atoms with Crippen LogP contribution in [0, 0.1) is 5.92 Å².